The fourth-order valence-corrected chi connectivity index (χ4v) is 3.67. The van der Waals surface area contributed by atoms with E-state index >= 15 is 0 Å². The molecule has 0 radical (unpaired) electrons. The quantitative estimate of drug-likeness (QED) is 0.834. The van der Waals surface area contributed by atoms with Gasteiger partial charge in [-0.25, -0.2) is 18.4 Å². The van der Waals surface area contributed by atoms with Crippen molar-refractivity contribution in [3.8, 4) is 0 Å². The van der Waals surface area contributed by atoms with Crippen LogP contribution in [0.5, 0.6) is 0 Å². The first-order chi connectivity index (χ1) is 9.90. The van der Waals surface area contributed by atoms with Crippen LogP contribution in [0.2, 0.25) is 0 Å². The molecule has 0 aromatic heterocycles. The van der Waals surface area contributed by atoms with Crippen molar-refractivity contribution in [2.45, 2.75) is 70.4 Å². The van der Waals surface area contributed by atoms with Gasteiger partial charge in [0.05, 0.1) is 0 Å². The van der Waals surface area contributed by atoms with Crippen LogP contribution >= 0.6 is 0 Å². The molecule has 2 fully saturated rings. The van der Waals surface area contributed by atoms with Crippen molar-refractivity contribution in [2.75, 3.05) is 0 Å². The zero-order valence-electron chi connectivity index (χ0n) is 13.1. The molecule has 1 amide bonds. The highest BCUT2D eigenvalue weighted by molar-refractivity contribution is 5.80. The predicted octanol–water partition coefficient (Wildman–Crippen LogP) is 3.18. The summed E-state index contributed by atoms with van der Waals surface area (Å²) >= 11 is 0. The van der Waals surface area contributed by atoms with Gasteiger partial charge in [0, 0.05) is 12.8 Å². The fourth-order valence-electron chi connectivity index (χ4n) is 3.67. The van der Waals surface area contributed by atoms with Gasteiger partial charge in [-0.3, -0.25) is 0 Å². The van der Waals surface area contributed by atoms with Crippen molar-refractivity contribution < 1.29 is 28.2 Å². The number of halogens is 2. The molecule has 5 nitrogen and oxygen atoms in total. The van der Waals surface area contributed by atoms with Crippen LogP contribution < -0.4 is 5.32 Å². The van der Waals surface area contributed by atoms with Crippen LogP contribution in [0, 0.1) is 11.3 Å². The minimum absolute atomic E-state index is 0.0622. The van der Waals surface area contributed by atoms with E-state index < -0.39 is 29.6 Å². The van der Waals surface area contributed by atoms with E-state index in [2.05, 4.69) is 5.32 Å². The number of aliphatic carboxylic acids is 1. The zero-order chi connectivity index (χ0) is 16.8. The summed E-state index contributed by atoms with van der Waals surface area (Å²) < 4.78 is 30.9. The lowest BCUT2D eigenvalue weighted by Gasteiger charge is -2.57. The van der Waals surface area contributed by atoms with Crippen LogP contribution in [-0.2, 0) is 9.53 Å². The van der Waals surface area contributed by atoms with Gasteiger partial charge in [0.2, 0.25) is 5.92 Å². The number of hydrogen-bond acceptors (Lipinski definition) is 3. The molecular formula is C15H23F2NO4. The number of carbonyl (C=O) groups is 2. The topological polar surface area (TPSA) is 75.6 Å². The summed E-state index contributed by atoms with van der Waals surface area (Å²) in [5, 5.41) is 11.5. The second-order valence-corrected chi connectivity index (χ2v) is 7.76. The summed E-state index contributed by atoms with van der Waals surface area (Å²) in [6, 6.07) is -1.04. The Morgan fingerprint density at radius 3 is 2.27 bits per heavy atom. The molecule has 0 bridgehead atoms. The number of amides is 1. The average molecular weight is 319 g/mol. The number of carbonyl (C=O) groups excluding carboxylic acids is 1. The van der Waals surface area contributed by atoms with Gasteiger partial charge < -0.3 is 15.2 Å². The monoisotopic (exact) mass is 319 g/mol. The molecular weight excluding hydrogens is 296 g/mol. The maximum Gasteiger partial charge on any atom is 0.408 e. The average Bonchev–Trinajstić information content (AvgIpc) is 2.19. The van der Waals surface area contributed by atoms with E-state index in [4.69, 9.17) is 4.74 Å². The van der Waals surface area contributed by atoms with Gasteiger partial charge in [0.25, 0.3) is 0 Å². The molecule has 1 spiro atoms. The fraction of sp³-hybridized carbons (Fsp3) is 0.867. The number of hydrogen-bond donors (Lipinski definition) is 2. The smallest absolute Gasteiger partial charge is 0.408 e. The van der Waals surface area contributed by atoms with Crippen LogP contribution in [-0.4, -0.2) is 34.7 Å². The third-order valence-electron chi connectivity index (χ3n) is 4.27. The van der Waals surface area contributed by atoms with Gasteiger partial charge in [-0.05, 0) is 51.4 Å². The Kier molecular flexibility index (Phi) is 4.13. The molecule has 0 aliphatic heterocycles. The number of alkyl halides is 2. The molecule has 0 heterocycles. The van der Waals surface area contributed by atoms with E-state index in [-0.39, 0.29) is 30.6 Å². The summed E-state index contributed by atoms with van der Waals surface area (Å²) in [6.45, 7) is 5.07. The Bertz CT molecular complexity index is 457. The van der Waals surface area contributed by atoms with E-state index in [9.17, 15) is 23.5 Å². The number of carboxylic acid groups (broad SMARTS) is 1. The summed E-state index contributed by atoms with van der Waals surface area (Å²) in [6.07, 6.45) is 0.526. The Hall–Kier alpha value is -1.40. The van der Waals surface area contributed by atoms with Crippen LogP contribution in [0.25, 0.3) is 0 Å². The lowest BCUT2D eigenvalue weighted by molar-refractivity contribution is -0.208. The molecule has 7 heteroatoms. The van der Waals surface area contributed by atoms with Crippen LogP contribution in [0.3, 0.4) is 0 Å². The molecule has 126 valence electrons. The second-order valence-electron chi connectivity index (χ2n) is 7.76. The molecule has 2 N–H and O–H groups in total. The van der Waals surface area contributed by atoms with Crippen molar-refractivity contribution in [3.63, 3.8) is 0 Å². The standard InChI is InChI=1S/C15H23F2NO4/c1-13(2,3)22-12(21)18-10(11(19)20)4-9-5-14(6-9)7-15(16,17)8-14/h9-10H,4-8H2,1-3H3,(H,18,21)(H,19,20)/t10-/m0/s1. The Balaban J connectivity index is 1.79. The zero-order valence-corrected chi connectivity index (χ0v) is 13.1. The highest BCUT2D eigenvalue weighted by Crippen LogP contribution is 2.65. The van der Waals surface area contributed by atoms with Gasteiger partial charge in [-0.1, -0.05) is 0 Å². The van der Waals surface area contributed by atoms with Crippen molar-refractivity contribution in [3.05, 3.63) is 0 Å². The largest absolute Gasteiger partial charge is 0.480 e. The van der Waals surface area contributed by atoms with E-state index in [0.717, 1.165) is 0 Å². The highest BCUT2D eigenvalue weighted by Gasteiger charge is 2.61. The molecule has 0 aromatic rings. The minimum atomic E-state index is -2.55. The number of alkyl carbamates (subject to hydrolysis) is 1. The summed E-state index contributed by atoms with van der Waals surface area (Å²) in [5.41, 5.74) is -0.992. The van der Waals surface area contributed by atoms with E-state index in [1.54, 1.807) is 20.8 Å². The highest BCUT2D eigenvalue weighted by atomic mass is 19.3. The van der Waals surface area contributed by atoms with Gasteiger partial charge in [-0.15, -0.1) is 0 Å². The van der Waals surface area contributed by atoms with Gasteiger partial charge in [-0.2, -0.15) is 0 Å². The van der Waals surface area contributed by atoms with Gasteiger partial charge in [0.1, 0.15) is 11.6 Å². The molecule has 22 heavy (non-hydrogen) atoms. The lowest BCUT2D eigenvalue weighted by atomic mass is 9.49. The molecule has 0 unspecified atom stereocenters. The maximum atomic E-state index is 12.9. The number of rotatable bonds is 4. The second kappa shape index (κ2) is 5.35. The molecule has 2 aliphatic carbocycles. The van der Waals surface area contributed by atoms with Crippen molar-refractivity contribution >= 4 is 12.1 Å². The lowest BCUT2D eigenvalue weighted by Crippen LogP contribution is -2.55. The molecule has 1 atom stereocenters. The number of ether oxygens (including phenoxy) is 1. The van der Waals surface area contributed by atoms with Gasteiger partial charge >= 0.3 is 12.1 Å². The van der Waals surface area contributed by atoms with E-state index in [1.165, 1.54) is 0 Å². The van der Waals surface area contributed by atoms with Crippen molar-refractivity contribution in [2.24, 2.45) is 11.3 Å². The van der Waals surface area contributed by atoms with Crippen LogP contribution in [0.1, 0.15) is 52.9 Å². The number of carboxylic acids is 1. The first kappa shape index (κ1) is 17.0. The Labute approximate surface area is 128 Å². The predicted molar refractivity (Wildman–Crippen MR) is 74.7 cm³/mol. The summed E-state index contributed by atoms with van der Waals surface area (Å²) in [4.78, 5) is 22.9. The number of nitrogens with one attached hydrogen (secondary N) is 1. The Morgan fingerprint density at radius 1 is 1.32 bits per heavy atom. The molecule has 0 aromatic carbocycles. The van der Waals surface area contributed by atoms with Crippen molar-refractivity contribution in [1.29, 1.82) is 0 Å². The van der Waals surface area contributed by atoms with Crippen LogP contribution in [0.4, 0.5) is 13.6 Å². The van der Waals surface area contributed by atoms with Crippen LogP contribution in [0.15, 0.2) is 0 Å². The molecule has 2 saturated carbocycles. The first-order valence-electron chi connectivity index (χ1n) is 7.50. The minimum Gasteiger partial charge on any atom is -0.480 e. The maximum absolute atomic E-state index is 12.9. The first-order valence-corrected chi connectivity index (χ1v) is 7.50. The van der Waals surface area contributed by atoms with Gasteiger partial charge in [0.15, 0.2) is 0 Å². The van der Waals surface area contributed by atoms with E-state index in [0.29, 0.717) is 12.8 Å². The molecule has 2 rings (SSSR count). The third kappa shape index (κ3) is 4.08. The van der Waals surface area contributed by atoms with Crippen molar-refractivity contribution in [1.82, 2.24) is 5.32 Å². The summed E-state index contributed by atoms with van der Waals surface area (Å²) in [7, 11) is 0. The summed E-state index contributed by atoms with van der Waals surface area (Å²) in [5.74, 6) is -3.62. The Morgan fingerprint density at radius 2 is 1.86 bits per heavy atom. The molecule has 0 saturated heterocycles. The normalized spacial score (nSPS) is 24.0. The van der Waals surface area contributed by atoms with E-state index in [1.807, 2.05) is 0 Å². The third-order valence-corrected chi connectivity index (χ3v) is 4.27. The molecule has 2 aliphatic rings. The SMILES string of the molecule is CC(C)(C)OC(=O)N[C@@H](CC1CC2(C1)CC(F)(F)C2)C(=O)O.